The maximum Gasteiger partial charge on any atom is 0.0749 e. The summed E-state index contributed by atoms with van der Waals surface area (Å²) in [5, 5.41) is 5.22. The van der Waals surface area contributed by atoms with Gasteiger partial charge in [0.2, 0.25) is 0 Å². The molecule has 0 unspecified atom stereocenters. The summed E-state index contributed by atoms with van der Waals surface area (Å²) in [6, 6.07) is 41.8. The molecule has 2 nitrogen and oxygen atoms in total. The molecule has 0 bridgehead atoms. The van der Waals surface area contributed by atoms with Gasteiger partial charge in [0.25, 0.3) is 0 Å². The third-order valence-electron chi connectivity index (χ3n) is 8.44. The van der Waals surface area contributed by atoms with Crippen molar-refractivity contribution in [3.8, 4) is 28.1 Å². The minimum absolute atomic E-state index is 0.116. The second kappa shape index (κ2) is 7.66. The normalized spacial score (nSPS) is 13.7. The van der Waals surface area contributed by atoms with Gasteiger partial charge in [-0.3, -0.25) is 4.98 Å². The number of para-hydroxylation sites is 1. The van der Waals surface area contributed by atoms with E-state index in [0.717, 1.165) is 11.4 Å². The molecule has 5 aromatic carbocycles. The summed E-state index contributed by atoms with van der Waals surface area (Å²) in [6.07, 6.45) is 1.93. The Bertz CT molecular complexity index is 2030. The highest BCUT2D eigenvalue weighted by Crippen LogP contribution is 2.50. The Balaban J connectivity index is 1.49. The van der Waals surface area contributed by atoms with Gasteiger partial charge in [0, 0.05) is 33.6 Å². The maximum absolute atomic E-state index is 4.94. The largest absolute Gasteiger partial charge is 0.309 e. The first-order valence-corrected chi connectivity index (χ1v) is 13.2. The average molecular weight is 487 g/mol. The molecule has 0 fully saturated rings. The van der Waals surface area contributed by atoms with Gasteiger partial charge in [-0.25, -0.2) is 0 Å². The number of benzene rings is 5. The summed E-state index contributed by atoms with van der Waals surface area (Å²) in [4.78, 5) is 4.94. The Morgan fingerprint density at radius 3 is 2.13 bits per heavy atom. The van der Waals surface area contributed by atoms with Crippen molar-refractivity contribution in [1.29, 1.82) is 0 Å². The zero-order chi connectivity index (χ0) is 25.4. The fraction of sp³-hybridized carbons (Fsp3) is 0.0833. The monoisotopic (exact) mass is 486 g/mol. The van der Waals surface area contributed by atoms with E-state index < -0.39 is 0 Å². The molecule has 0 atom stereocenters. The number of nitrogens with zero attached hydrogens (tertiary/aromatic N) is 2. The molecule has 0 amide bonds. The molecule has 38 heavy (non-hydrogen) atoms. The predicted octanol–water partition coefficient (Wildman–Crippen LogP) is 9.31. The van der Waals surface area contributed by atoms with Crippen LogP contribution in [0.5, 0.6) is 0 Å². The molecule has 0 aliphatic heterocycles. The lowest BCUT2D eigenvalue weighted by atomic mass is 9.70. The number of hydrogen-bond donors (Lipinski definition) is 0. The van der Waals surface area contributed by atoms with Crippen molar-refractivity contribution in [3.05, 3.63) is 133 Å². The van der Waals surface area contributed by atoms with Crippen molar-refractivity contribution < 1.29 is 0 Å². The summed E-state index contributed by atoms with van der Waals surface area (Å²) < 4.78 is 2.42. The van der Waals surface area contributed by atoms with Crippen LogP contribution in [0.2, 0.25) is 0 Å². The van der Waals surface area contributed by atoms with Gasteiger partial charge in [0.1, 0.15) is 0 Å². The zero-order valence-electron chi connectivity index (χ0n) is 21.4. The first-order valence-electron chi connectivity index (χ1n) is 13.2. The Hall–Kier alpha value is -4.69. The Morgan fingerprint density at radius 1 is 0.579 bits per heavy atom. The van der Waals surface area contributed by atoms with Gasteiger partial charge >= 0.3 is 0 Å². The highest BCUT2D eigenvalue weighted by molar-refractivity contribution is 6.25. The summed E-state index contributed by atoms with van der Waals surface area (Å²) in [6.45, 7) is 4.65. The number of aromatic nitrogens is 2. The SMILES string of the molecule is CC1(C)c2cccnc2-c2cc3c(c4cccc1c24)c1ccccc1n3-c1ccc(-c2ccccc2)cc1. The number of rotatable bonds is 2. The molecule has 7 aromatic rings. The molecule has 0 radical (unpaired) electrons. The van der Waals surface area contributed by atoms with Crippen molar-refractivity contribution in [2.45, 2.75) is 19.3 Å². The van der Waals surface area contributed by atoms with E-state index in [1.54, 1.807) is 0 Å². The van der Waals surface area contributed by atoms with Gasteiger partial charge in [-0.1, -0.05) is 98.8 Å². The van der Waals surface area contributed by atoms with Gasteiger partial charge < -0.3 is 4.57 Å². The zero-order valence-corrected chi connectivity index (χ0v) is 21.4. The number of fused-ring (bicyclic) bond motifs is 6. The lowest BCUT2D eigenvalue weighted by Crippen LogP contribution is -2.24. The van der Waals surface area contributed by atoms with Crippen molar-refractivity contribution >= 4 is 32.6 Å². The first-order chi connectivity index (χ1) is 18.6. The van der Waals surface area contributed by atoms with Crippen LogP contribution in [0.15, 0.2) is 121 Å². The maximum atomic E-state index is 4.94. The minimum atomic E-state index is -0.116. The van der Waals surface area contributed by atoms with Crippen LogP contribution in [0.3, 0.4) is 0 Å². The summed E-state index contributed by atoms with van der Waals surface area (Å²) in [7, 11) is 0. The molecular formula is C36H26N2. The van der Waals surface area contributed by atoms with Crippen LogP contribution < -0.4 is 0 Å². The molecule has 1 aliphatic carbocycles. The van der Waals surface area contributed by atoms with E-state index in [2.05, 4.69) is 134 Å². The molecule has 0 N–H and O–H groups in total. The van der Waals surface area contributed by atoms with Crippen molar-refractivity contribution in [3.63, 3.8) is 0 Å². The number of pyridine rings is 1. The summed E-state index contributed by atoms with van der Waals surface area (Å²) >= 11 is 0. The molecule has 0 spiro atoms. The molecule has 180 valence electrons. The lowest BCUT2D eigenvalue weighted by molar-refractivity contribution is 0.642. The van der Waals surface area contributed by atoms with Gasteiger partial charge in [-0.15, -0.1) is 0 Å². The fourth-order valence-electron chi connectivity index (χ4n) is 6.63. The van der Waals surface area contributed by atoms with Gasteiger partial charge in [0.15, 0.2) is 0 Å². The Kier molecular flexibility index (Phi) is 4.31. The molecule has 2 aromatic heterocycles. The standard InChI is InChI=1S/C36H26N2/c1-36(2)29-14-8-13-27-33(29)28(35-30(36)15-9-21-37-35)22-32-34(27)26-12-6-7-16-31(26)38(32)25-19-17-24(18-20-25)23-10-4-3-5-11-23/h3-22H,1-2H3. The van der Waals surface area contributed by atoms with Crippen LogP contribution in [-0.4, -0.2) is 9.55 Å². The molecule has 2 heteroatoms. The van der Waals surface area contributed by atoms with E-state index in [1.807, 2.05) is 6.20 Å². The molecule has 1 aliphatic rings. The highest BCUT2D eigenvalue weighted by atomic mass is 15.0. The van der Waals surface area contributed by atoms with E-state index in [0.29, 0.717) is 0 Å². The molecular weight excluding hydrogens is 460 g/mol. The summed E-state index contributed by atoms with van der Waals surface area (Å²) in [5.41, 5.74) is 10.9. The van der Waals surface area contributed by atoms with Gasteiger partial charge in [-0.2, -0.15) is 0 Å². The third kappa shape index (κ3) is 2.80. The van der Waals surface area contributed by atoms with Crippen LogP contribution >= 0.6 is 0 Å². The van der Waals surface area contributed by atoms with Crippen molar-refractivity contribution in [2.24, 2.45) is 0 Å². The topological polar surface area (TPSA) is 17.8 Å². The number of hydrogen-bond acceptors (Lipinski definition) is 1. The van der Waals surface area contributed by atoms with Gasteiger partial charge in [-0.05, 0) is 63.4 Å². The molecule has 0 saturated carbocycles. The van der Waals surface area contributed by atoms with E-state index in [-0.39, 0.29) is 5.41 Å². The Morgan fingerprint density at radius 2 is 1.29 bits per heavy atom. The summed E-state index contributed by atoms with van der Waals surface area (Å²) in [5.74, 6) is 0. The van der Waals surface area contributed by atoms with Crippen LogP contribution in [-0.2, 0) is 5.41 Å². The quantitative estimate of drug-likeness (QED) is 0.238. The second-order valence-electron chi connectivity index (χ2n) is 10.8. The van der Waals surface area contributed by atoms with Crippen molar-refractivity contribution in [2.75, 3.05) is 0 Å². The van der Waals surface area contributed by atoms with E-state index in [1.165, 1.54) is 60.4 Å². The van der Waals surface area contributed by atoms with Crippen LogP contribution in [0.25, 0.3) is 60.6 Å². The van der Waals surface area contributed by atoms with Gasteiger partial charge in [0.05, 0.1) is 16.7 Å². The van der Waals surface area contributed by atoms with E-state index >= 15 is 0 Å². The minimum Gasteiger partial charge on any atom is -0.309 e. The highest BCUT2D eigenvalue weighted by Gasteiger charge is 2.35. The van der Waals surface area contributed by atoms with Crippen LogP contribution in [0.4, 0.5) is 0 Å². The molecule has 8 rings (SSSR count). The Labute approximate surface area is 221 Å². The smallest absolute Gasteiger partial charge is 0.0749 e. The fourth-order valence-corrected chi connectivity index (χ4v) is 6.63. The van der Waals surface area contributed by atoms with Crippen molar-refractivity contribution in [1.82, 2.24) is 9.55 Å². The van der Waals surface area contributed by atoms with Crippen LogP contribution in [0, 0.1) is 0 Å². The molecule has 2 heterocycles. The average Bonchev–Trinajstić information content (AvgIpc) is 3.31. The van der Waals surface area contributed by atoms with E-state index in [9.17, 15) is 0 Å². The lowest BCUT2D eigenvalue weighted by Gasteiger charge is -2.34. The third-order valence-corrected chi connectivity index (χ3v) is 8.44. The van der Waals surface area contributed by atoms with Crippen LogP contribution in [0.1, 0.15) is 25.0 Å². The first kappa shape index (κ1) is 21.4. The second-order valence-corrected chi connectivity index (χ2v) is 10.8. The van der Waals surface area contributed by atoms with E-state index in [4.69, 9.17) is 4.98 Å². The predicted molar refractivity (Wildman–Crippen MR) is 159 cm³/mol. The molecule has 0 saturated heterocycles.